The minimum Gasteiger partial charge on any atom is -0.309 e. The minimum atomic E-state index is -0.611. The first-order chi connectivity index (χ1) is 8.97. The smallest absolute Gasteiger partial charge is 0.222 e. The SMILES string of the molecule is CC(=O)Nc1ccn(Cc2c(F)ccc(C)c2F)n1. The maximum absolute atomic E-state index is 13.8. The number of nitrogens with one attached hydrogen (secondary N) is 1. The van der Waals surface area contributed by atoms with Crippen LogP contribution in [0.2, 0.25) is 0 Å². The lowest BCUT2D eigenvalue weighted by Crippen LogP contribution is -2.09. The number of nitrogens with zero attached hydrogens (tertiary/aromatic N) is 2. The molecule has 0 unspecified atom stereocenters. The highest BCUT2D eigenvalue weighted by Gasteiger charge is 2.12. The van der Waals surface area contributed by atoms with E-state index in [1.807, 2.05) is 0 Å². The fraction of sp³-hybridized carbons (Fsp3) is 0.231. The average molecular weight is 265 g/mol. The van der Waals surface area contributed by atoms with Gasteiger partial charge in [-0.3, -0.25) is 9.48 Å². The molecular formula is C13H13F2N3O. The molecule has 19 heavy (non-hydrogen) atoms. The molecule has 0 radical (unpaired) electrons. The van der Waals surface area contributed by atoms with Crippen molar-refractivity contribution in [3.8, 4) is 0 Å². The summed E-state index contributed by atoms with van der Waals surface area (Å²) in [5, 5.41) is 6.50. The number of carbonyl (C=O) groups excluding carboxylic acids is 1. The summed E-state index contributed by atoms with van der Waals surface area (Å²) >= 11 is 0. The molecule has 1 heterocycles. The quantitative estimate of drug-likeness (QED) is 0.926. The minimum absolute atomic E-state index is 0.0288. The number of hydrogen-bond donors (Lipinski definition) is 1. The van der Waals surface area contributed by atoms with Crippen molar-refractivity contribution >= 4 is 11.7 Å². The molecule has 0 atom stereocenters. The van der Waals surface area contributed by atoms with E-state index < -0.39 is 11.6 Å². The molecule has 0 aliphatic heterocycles. The monoisotopic (exact) mass is 265 g/mol. The molecule has 0 fully saturated rings. The normalized spacial score (nSPS) is 10.5. The van der Waals surface area contributed by atoms with Crippen molar-refractivity contribution in [1.82, 2.24) is 9.78 Å². The van der Waals surface area contributed by atoms with Crippen LogP contribution in [0.5, 0.6) is 0 Å². The largest absolute Gasteiger partial charge is 0.309 e. The predicted octanol–water partition coefficient (Wildman–Crippen LogP) is 2.48. The summed E-state index contributed by atoms with van der Waals surface area (Å²) in [5.41, 5.74) is 0.336. The molecule has 6 heteroatoms. The number of hydrogen-bond acceptors (Lipinski definition) is 2. The molecule has 0 aliphatic carbocycles. The van der Waals surface area contributed by atoms with E-state index in [1.54, 1.807) is 19.2 Å². The van der Waals surface area contributed by atoms with Crippen molar-refractivity contribution in [3.05, 3.63) is 47.2 Å². The Kier molecular flexibility index (Phi) is 3.59. The Morgan fingerprint density at radius 2 is 2.11 bits per heavy atom. The Morgan fingerprint density at radius 3 is 2.79 bits per heavy atom. The van der Waals surface area contributed by atoms with Crippen LogP contribution in [-0.4, -0.2) is 15.7 Å². The highest BCUT2D eigenvalue weighted by molar-refractivity contribution is 5.87. The van der Waals surface area contributed by atoms with Crippen LogP contribution in [-0.2, 0) is 11.3 Å². The van der Waals surface area contributed by atoms with Gasteiger partial charge in [-0.15, -0.1) is 0 Å². The second-order valence-corrected chi connectivity index (χ2v) is 4.24. The molecule has 0 spiro atoms. The molecule has 0 aliphatic rings. The molecule has 1 N–H and O–H groups in total. The molecule has 4 nitrogen and oxygen atoms in total. The highest BCUT2D eigenvalue weighted by Crippen LogP contribution is 2.17. The van der Waals surface area contributed by atoms with E-state index >= 15 is 0 Å². The lowest BCUT2D eigenvalue weighted by molar-refractivity contribution is -0.114. The van der Waals surface area contributed by atoms with Gasteiger partial charge in [0.25, 0.3) is 0 Å². The summed E-state index contributed by atoms with van der Waals surface area (Å²) < 4.78 is 28.8. The molecule has 1 aromatic heterocycles. The van der Waals surface area contributed by atoms with Crippen molar-refractivity contribution in [2.45, 2.75) is 20.4 Å². The number of amides is 1. The number of halogens is 2. The Bertz CT molecular complexity index is 622. The van der Waals surface area contributed by atoms with Crippen molar-refractivity contribution in [2.75, 3.05) is 5.32 Å². The zero-order chi connectivity index (χ0) is 14.0. The van der Waals surface area contributed by atoms with E-state index in [1.165, 1.54) is 23.7 Å². The van der Waals surface area contributed by atoms with Crippen LogP contribution in [0.3, 0.4) is 0 Å². The summed E-state index contributed by atoms with van der Waals surface area (Å²) in [6.45, 7) is 2.90. The number of benzene rings is 1. The first kappa shape index (κ1) is 13.2. The van der Waals surface area contributed by atoms with Crippen LogP contribution in [0.4, 0.5) is 14.6 Å². The summed E-state index contributed by atoms with van der Waals surface area (Å²) in [6, 6.07) is 4.18. The summed E-state index contributed by atoms with van der Waals surface area (Å²) in [4.78, 5) is 10.9. The van der Waals surface area contributed by atoms with Gasteiger partial charge in [0.2, 0.25) is 5.91 Å². The fourth-order valence-electron chi connectivity index (χ4n) is 1.72. The number of carbonyl (C=O) groups is 1. The van der Waals surface area contributed by atoms with Gasteiger partial charge in [0.05, 0.1) is 6.54 Å². The molecular weight excluding hydrogens is 252 g/mol. The second-order valence-electron chi connectivity index (χ2n) is 4.24. The highest BCUT2D eigenvalue weighted by atomic mass is 19.1. The molecule has 1 amide bonds. The van der Waals surface area contributed by atoms with Gasteiger partial charge in [-0.05, 0) is 18.6 Å². The van der Waals surface area contributed by atoms with Crippen molar-refractivity contribution in [1.29, 1.82) is 0 Å². The third-order valence-electron chi connectivity index (χ3n) is 2.64. The van der Waals surface area contributed by atoms with Gasteiger partial charge in [-0.25, -0.2) is 8.78 Å². The van der Waals surface area contributed by atoms with Crippen LogP contribution >= 0.6 is 0 Å². The van der Waals surface area contributed by atoms with Gasteiger partial charge < -0.3 is 5.32 Å². The van der Waals surface area contributed by atoms with E-state index in [-0.39, 0.29) is 18.0 Å². The topological polar surface area (TPSA) is 46.9 Å². The van der Waals surface area contributed by atoms with Gasteiger partial charge in [0, 0.05) is 24.8 Å². The van der Waals surface area contributed by atoms with E-state index in [4.69, 9.17) is 0 Å². The molecule has 100 valence electrons. The maximum Gasteiger partial charge on any atom is 0.222 e. The third-order valence-corrected chi connectivity index (χ3v) is 2.64. The van der Waals surface area contributed by atoms with Crippen LogP contribution in [0.1, 0.15) is 18.1 Å². The van der Waals surface area contributed by atoms with Crippen LogP contribution in [0.25, 0.3) is 0 Å². The second kappa shape index (κ2) is 5.17. The Balaban J connectivity index is 2.24. The summed E-state index contributed by atoms with van der Waals surface area (Å²) in [6.07, 6.45) is 1.55. The predicted molar refractivity (Wildman–Crippen MR) is 66.7 cm³/mol. The van der Waals surface area contributed by atoms with E-state index in [9.17, 15) is 13.6 Å². The molecule has 2 aromatic rings. The van der Waals surface area contributed by atoms with Crippen LogP contribution in [0.15, 0.2) is 24.4 Å². The Hall–Kier alpha value is -2.24. The van der Waals surface area contributed by atoms with Crippen LogP contribution in [0, 0.1) is 18.6 Å². The van der Waals surface area contributed by atoms with E-state index in [0.29, 0.717) is 11.4 Å². The van der Waals surface area contributed by atoms with Crippen molar-refractivity contribution in [2.24, 2.45) is 0 Å². The first-order valence-corrected chi connectivity index (χ1v) is 5.72. The third kappa shape index (κ3) is 2.96. The van der Waals surface area contributed by atoms with Gasteiger partial charge in [0.1, 0.15) is 11.6 Å². The zero-order valence-electron chi connectivity index (χ0n) is 10.6. The Labute approximate surface area is 109 Å². The van der Waals surface area contributed by atoms with Gasteiger partial charge >= 0.3 is 0 Å². The van der Waals surface area contributed by atoms with Gasteiger partial charge in [0.15, 0.2) is 5.82 Å². The zero-order valence-corrected chi connectivity index (χ0v) is 10.6. The fourth-order valence-corrected chi connectivity index (χ4v) is 1.72. The lowest BCUT2D eigenvalue weighted by atomic mass is 10.1. The molecule has 1 aromatic carbocycles. The molecule has 0 saturated carbocycles. The van der Waals surface area contributed by atoms with Gasteiger partial charge in [-0.2, -0.15) is 5.10 Å². The number of anilines is 1. The van der Waals surface area contributed by atoms with Crippen LogP contribution < -0.4 is 5.32 Å². The number of aryl methyl sites for hydroxylation is 1. The summed E-state index contributed by atoms with van der Waals surface area (Å²) in [5.74, 6) is -1.09. The van der Waals surface area contributed by atoms with Crippen molar-refractivity contribution in [3.63, 3.8) is 0 Å². The van der Waals surface area contributed by atoms with Crippen molar-refractivity contribution < 1.29 is 13.6 Å². The standard InChI is InChI=1S/C13H13F2N3O/c1-8-3-4-11(14)10(13(8)15)7-18-6-5-12(17-18)16-9(2)19/h3-6H,7H2,1-2H3,(H,16,17,19). The number of aromatic nitrogens is 2. The Morgan fingerprint density at radius 1 is 1.37 bits per heavy atom. The molecule has 0 bridgehead atoms. The van der Waals surface area contributed by atoms with E-state index in [2.05, 4.69) is 10.4 Å². The van der Waals surface area contributed by atoms with E-state index in [0.717, 1.165) is 0 Å². The molecule has 0 saturated heterocycles. The summed E-state index contributed by atoms with van der Waals surface area (Å²) in [7, 11) is 0. The lowest BCUT2D eigenvalue weighted by Gasteiger charge is -2.07. The number of rotatable bonds is 3. The first-order valence-electron chi connectivity index (χ1n) is 5.72. The van der Waals surface area contributed by atoms with Gasteiger partial charge in [-0.1, -0.05) is 6.07 Å². The average Bonchev–Trinajstić information content (AvgIpc) is 2.76. The maximum atomic E-state index is 13.8. The molecule has 2 rings (SSSR count).